The summed E-state index contributed by atoms with van der Waals surface area (Å²) in [6, 6.07) is 0. The highest BCUT2D eigenvalue weighted by atomic mass is 35.5. The van der Waals surface area contributed by atoms with Crippen molar-refractivity contribution < 1.29 is 5.11 Å². The standard InChI is InChI=1S/C3H7NO.ClH/c4-2-1-3-5;/h1,3,5H,2,4H2;1H. The molecule has 0 amide bonds. The molecule has 0 aliphatic carbocycles. The molecule has 0 saturated heterocycles. The Morgan fingerprint density at radius 2 is 2.17 bits per heavy atom. The van der Waals surface area contributed by atoms with Crippen molar-refractivity contribution in [2.24, 2.45) is 5.73 Å². The van der Waals surface area contributed by atoms with Gasteiger partial charge in [-0.25, -0.2) is 0 Å². The van der Waals surface area contributed by atoms with Crippen LogP contribution in [0.2, 0.25) is 0 Å². The molecule has 0 rings (SSSR count). The van der Waals surface area contributed by atoms with Gasteiger partial charge in [-0.1, -0.05) is 0 Å². The number of hydrogen-bond acceptors (Lipinski definition) is 2. The van der Waals surface area contributed by atoms with E-state index in [1.165, 1.54) is 6.08 Å². The maximum absolute atomic E-state index is 7.81. The lowest BCUT2D eigenvalue weighted by Gasteiger charge is -1.67. The van der Waals surface area contributed by atoms with Crippen LogP contribution in [-0.4, -0.2) is 11.7 Å². The quantitative estimate of drug-likeness (QED) is 0.480. The van der Waals surface area contributed by atoms with Gasteiger partial charge >= 0.3 is 0 Å². The van der Waals surface area contributed by atoms with E-state index in [2.05, 4.69) is 0 Å². The molecular formula is C3H8ClNO. The lowest BCUT2D eigenvalue weighted by molar-refractivity contribution is 0.472. The van der Waals surface area contributed by atoms with Crippen LogP contribution in [0.15, 0.2) is 12.3 Å². The SMILES string of the molecule is Cl.NCC=CO. The van der Waals surface area contributed by atoms with Crippen LogP contribution in [-0.2, 0) is 0 Å². The molecule has 0 unspecified atom stereocenters. The fourth-order valence-corrected chi connectivity index (χ4v) is 0.0609. The Hall–Kier alpha value is -0.210. The van der Waals surface area contributed by atoms with E-state index in [0.29, 0.717) is 6.54 Å². The molecule has 2 nitrogen and oxygen atoms in total. The molecule has 38 valence electrons. The van der Waals surface area contributed by atoms with Gasteiger partial charge in [0, 0.05) is 6.54 Å². The molecule has 0 aromatic rings. The molecule has 0 atom stereocenters. The third-order valence-corrected chi connectivity index (χ3v) is 0.241. The first-order valence-electron chi connectivity index (χ1n) is 1.41. The Morgan fingerprint density at radius 3 is 2.17 bits per heavy atom. The summed E-state index contributed by atoms with van der Waals surface area (Å²) in [5.41, 5.74) is 4.89. The molecule has 0 saturated carbocycles. The number of aliphatic hydroxyl groups excluding tert-OH is 1. The van der Waals surface area contributed by atoms with Gasteiger partial charge in [0.15, 0.2) is 0 Å². The zero-order valence-corrected chi connectivity index (χ0v) is 4.11. The van der Waals surface area contributed by atoms with Gasteiger partial charge in [-0.2, -0.15) is 0 Å². The minimum absolute atomic E-state index is 0. The summed E-state index contributed by atoms with van der Waals surface area (Å²) in [5.74, 6) is 0. The first kappa shape index (κ1) is 9.25. The van der Waals surface area contributed by atoms with Crippen LogP contribution < -0.4 is 5.73 Å². The Balaban J connectivity index is 0. The fraction of sp³-hybridized carbons (Fsp3) is 0.333. The minimum Gasteiger partial charge on any atom is -0.516 e. The van der Waals surface area contributed by atoms with Crippen molar-refractivity contribution in [3.05, 3.63) is 12.3 Å². The lowest BCUT2D eigenvalue weighted by Crippen LogP contribution is -1.91. The van der Waals surface area contributed by atoms with Crippen molar-refractivity contribution in [1.29, 1.82) is 0 Å². The highest BCUT2D eigenvalue weighted by Crippen LogP contribution is 1.52. The second-order valence-electron chi connectivity index (χ2n) is 0.620. The largest absolute Gasteiger partial charge is 0.516 e. The predicted octanol–water partition coefficient (Wildman–Crippen LogP) is 0.439. The van der Waals surface area contributed by atoms with Crippen molar-refractivity contribution in [2.45, 2.75) is 0 Å². The molecule has 0 aromatic carbocycles. The van der Waals surface area contributed by atoms with Gasteiger partial charge in [-0.15, -0.1) is 12.4 Å². The molecule has 0 heterocycles. The van der Waals surface area contributed by atoms with Gasteiger partial charge in [0.2, 0.25) is 0 Å². The van der Waals surface area contributed by atoms with Crippen molar-refractivity contribution in [1.82, 2.24) is 0 Å². The fourth-order valence-electron chi connectivity index (χ4n) is 0.0609. The zero-order valence-electron chi connectivity index (χ0n) is 3.29. The van der Waals surface area contributed by atoms with E-state index in [-0.39, 0.29) is 12.4 Å². The Labute approximate surface area is 43.1 Å². The maximum Gasteiger partial charge on any atom is 0.0764 e. The van der Waals surface area contributed by atoms with Gasteiger partial charge in [0.1, 0.15) is 0 Å². The van der Waals surface area contributed by atoms with E-state index in [4.69, 9.17) is 10.8 Å². The number of nitrogens with two attached hydrogens (primary N) is 1. The monoisotopic (exact) mass is 109 g/mol. The summed E-state index contributed by atoms with van der Waals surface area (Å²) >= 11 is 0. The average molecular weight is 110 g/mol. The second-order valence-corrected chi connectivity index (χ2v) is 0.620. The molecule has 3 N–H and O–H groups in total. The molecule has 0 aromatic heterocycles. The first-order chi connectivity index (χ1) is 2.41. The van der Waals surface area contributed by atoms with Crippen molar-refractivity contribution in [2.75, 3.05) is 6.54 Å². The van der Waals surface area contributed by atoms with Crippen LogP contribution in [0.1, 0.15) is 0 Å². The van der Waals surface area contributed by atoms with Crippen LogP contribution in [0.4, 0.5) is 0 Å². The van der Waals surface area contributed by atoms with Crippen molar-refractivity contribution in [3.8, 4) is 0 Å². The Morgan fingerprint density at radius 1 is 1.67 bits per heavy atom. The summed E-state index contributed by atoms with van der Waals surface area (Å²) in [7, 11) is 0. The topological polar surface area (TPSA) is 46.2 Å². The molecule has 0 radical (unpaired) electrons. The summed E-state index contributed by atoms with van der Waals surface area (Å²) in [5, 5.41) is 7.81. The highest BCUT2D eigenvalue weighted by Gasteiger charge is 1.52. The molecule has 0 spiro atoms. The number of aliphatic hydroxyl groups is 1. The van der Waals surface area contributed by atoms with Crippen molar-refractivity contribution >= 4 is 12.4 Å². The van der Waals surface area contributed by atoms with Crippen LogP contribution in [0, 0.1) is 0 Å². The molecule has 0 bridgehead atoms. The van der Waals surface area contributed by atoms with E-state index in [9.17, 15) is 0 Å². The normalized spacial score (nSPS) is 8.17. The number of rotatable bonds is 1. The van der Waals surface area contributed by atoms with Gasteiger partial charge in [0.05, 0.1) is 6.26 Å². The summed E-state index contributed by atoms with van der Waals surface area (Å²) in [6.45, 7) is 0.413. The van der Waals surface area contributed by atoms with E-state index in [0.717, 1.165) is 6.26 Å². The van der Waals surface area contributed by atoms with Gasteiger partial charge in [0.25, 0.3) is 0 Å². The third-order valence-electron chi connectivity index (χ3n) is 0.241. The summed E-state index contributed by atoms with van der Waals surface area (Å²) in [4.78, 5) is 0. The molecular weight excluding hydrogens is 101 g/mol. The third kappa shape index (κ3) is 9.21. The van der Waals surface area contributed by atoms with Crippen LogP contribution in [0.25, 0.3) is 0 Å². The minimum atomic E-state index is 0. The zero-order chi connectivity index (χ0) is 4.12. The van der Waals surface area contributed by atoms with Gasteiger partial charge < -0.3 is 10.8 Å². The molecule has 0 aliphatic rings. The lowest BCUT2D eigenvalue weighted by atomic mass is 10.6. The molecule has 0 fully saturated rings. The number of hydrogen-bond donors (Lipinski definition) is 2. The molecule has 6 heavy (non-hydrogen) atoms. The molecule has 0 aliphatic heterocycles. The van der Waals surface area contributed by atoms with Crippen LogP contribution in [0.3, 0.4) is 0 Å². The van der Waals surface area contributed by atoms with Gasteiger partial charge in [-0.3, -0.25) is 0 Å². The first-order valence-corrected chi connectivity index (χ1v) is 1.41. The number of halogens is 1. The van der Waals surface area contributed by atoms with Crippen molar-refractivity contribution in [3.63, 3.8) is 0 Å². The Kier molecular flexibility index (Phi) is 13.6. The molecule has 3 heteroatoms. The van der Waals surface area contributed by atoms with Crippen LogP contribution >= 0.6 is 12.4 Å². The average Bonchev–Trinajstić information content (AvgIpc) is 1.41. The van der Waals surface area contributed by atoms with Gasteiger partial charge in [-0.05, 0) is 6.08 Å². The second kappa shape index (κ2) is 8.84. The summed E-state index contributed by atoms with van der Waals surface area (Å²) in [6.07, 6.45) is 2.39. The highest BCUT2D eigenvalue weighted by molar-refractivity contribution is 5.85. The smallest absolute Gasteiger partial charge is 0.0764 e. The predicted molar refractivity (Wildman–Crippen MR) is 28.1 cm³/mol. The Bertz CT molecular complexity index is 37.8. The van der Waals surface area contributed by atoms with E-state index >= 15 is 0 Å². The van der Waals surface area contributed by atoms with Crippen LogP contribution in [0.5, 0.6) is 0 Å². The van der Waals surface area contributed by atoms with E-state index < -0.39 is 0 Å². The summed E-state index contributed by atoms with van der Waals surface area (Å²) < 4.78 is 0. The van der Waals surface area contributed by atoms with E-state index in [1.54, 1.807) is 0 Å². The maximum atomic E-state index is 7.81. The van der Waals surface area contributed by atoms with E-state index in [1.807, 2.05) is 0 Å².